The van der Waals surface area contributed by atoms with E-state index in [1.807, 2.05) is 0 Å². The largest absolute Gasteiger partial charge is 0.313 e. The van der Waals surface area contributed by atoms with Crippen LogP contribution in [0.4, 0.5) is 0 Å². The van der Waals surface area contributed by atoms with Crippen LogP contribution in [0.1, 0.15) is 65.7 Å². The van der Waals surface area contributed by atoms with Crippen molar-refractivity contribution in [2.24, 2.45) is 0 Å². The molecule has 2 nitrogen and oxygen atoms in total. The second-order valence-electron chi connectivity index (χ2n) is 5.63. The lowest BCUT2D eigenvalue weighted by Gasteiger charge is -2.24. The molecule has 17 heavy (non-hydrogen) atoms. The van der Waals surface area contributed by atoms with Crippen LogP contribution < -0.4 is 5.32 Å². The van der Waals surface area contributed by atoms with Crippen molar-refractivity contribution < 1.29 is 0 Å². The first-order valence-electron chi connectivity index (χ1n) is 7.75. The van der Waals surface area contributed by atoms with Gasteiger partial charge >= 0.3 is 0 Å². The Morgan fingerprint density at radius 3 is 2.71 bits per heavy atom. The van der Waals surface area contributed by atoms with Gasteiger partial charge in [0, 0.05) is 25.2 Å². The van der Waals surface area contributed by atoms with E-state index < -0.39 is 0 Å². The fourth-order valence-electron chi connectivity index (χ4n) is 2.75. The number of nitrogens with one attached hydrogen (secondary N) is 1. The Balaban J connectivity index is 2.09. The van der Waals surface area contributed by atoms with Gasteiger partial charge in [0.05, 0.1) is 0 Å². The minimum Gasteiger partial charge on any atom is -0.313 e. The monoisotopic (exact) mass is 240 g/mol. The maximum Gasteiger partial charge on any atom is 0.0207 e. The smallest absolute Gasteiger partial charge is 0.0207 e. The molecule has 1 rings (SSSR count). The molecule has 1 N–H and O–H groups in total. The number of hydrogen-bond donors (Lipinski definition) is 1. The van der Waals surface area contributed by atoms with Crippen molar-refractivity contribution in [2.75, 3.05) is 19.6 Å². The van der Waals surface area contributed by atoms with Crippen LogP contribution >= 0.6 is 0 Å². The van der Waals surface area contributed by atoms with Crippen LogP contribution in [0.5, 0.6) is 0 Å². The lowest BCUT2D eigenvalue weighted by atomic mass is 10.1. The Morgan fingerprint density at radius 1 is 1.18 bits per heavy atom. The summed E-state index contributed by atoms with van der Waals surface area (Å²) < 4.78 is 0. The average Bonchev–Trinajstić information content (AvgIpc) is 2.80. The summed E-state index contributed by atoms with van der Waals surface area (Å²) >= 11 is 0. The minimum absolute atomic E-state index is 0.757. The van der Waals surface area contributed by atoms with Gasteiger partial charge in [-0.1, -0.05) is 39.5 Å². The quantitative estimate of drug-likeness (QED) is 0.621. The van der Waals surface area contributed by atoms with Crippen molar-refractivity contribution >= 4 is 0 Å². The molecule has 2 atom stereocenters. The van der Waals surface area contributed by atoms with E-state index in [0.717, 1.165) is 12.1 Å². The summed E-state index contributed by atoms with van der Waals surface area (Å²) in [6.07, 6.45) is 9.59. The Labute approximate surface area is 108 Å². The summed E-state index contributed by atoms with van der Waals surface area (Å²) in [6, 6.07) is 1.55. The van der Waals surface area contributed by atoms with Crippen molar-refractivity contribution in [3.8, 4) is 0 Å². The molecule has 2 heteroatoms. The highest BCUT2D eigenvalue weighted by atomic mass is 15.2. The summed E-state index contributed by atoms with van der Waals surface area (Å²) in [5, 5.41) is 3.65. The van der Waals surface area contributed by atoms with Crippen LogP contribution in [0.25, 0.3) is 0 Å². The first-order chi connectivity index (χ1) is 8.27. The van der Waals surface area contributed by atoms with Gasteiger partial charge in [0.1, 0.15) is 0 Å². The van der Waals surface area contributed by atoms with E-state index in [0.29, 0.717) is 0 Å². The summed E-state index contributed by atoms with van der Waals surface area (Å²) in [4.78, 5) is 2.68. The zero-order valence-corrected chi connectivity index (χ0v) is 12.2. The van der Waals surface area contributed by atoms with Crippen molar-refractivity contribution in [1.29, 1.82) is 0 Å². The third-order valence-electron chi connectivity index (χ3n) is 4.00. The van der Waals surface area contributed by atoms with Crippen LogP contribution in [0.3, 0.4) is 0 Å². The summed E-state index contributed by atoms with van der Waals surface area (Å²) in [5.74, 6) is 0. The average molecular weight is 240 g/mol. The van der Waals surface area contributed by atoms with E-state index >= 15 is 0 Å². The standard InChI is InChI=1S/C15H32N2/c1-4-6-7-8-9-14(3)17-12-10-15(13-17)16-11-5-2/h14-16H,4-13H2,1-3H3. The van der Waals surface area contributed by atoms with Crippen molar-refractivity contribution in [2.45, 2.75) is 77.8 Å². The molecule has 0 amide bonds. The van der Waals surface area contributed by atoms with Crippen molar-refractivity contribution in [3.63, 3.8) is 0 Å². The Bertz CT molecular complexity index is 182. The van der Waals surface area contributed by atoms with Crippen LogP contribution in [-0.2, 0) is 0 Å². The molecule has 2 unspecified atom stereocenters. The fraction of sp³-hybridized carbons (Fsp3) is 1.00. The SMILES string of the molecule is CCCCCCC(C)N1CCC(NCCC)C1. The summed E-state index contributed by atoms with van der Waals surface area (Å²) in [6.45, 7) is 10.7. The number of nitrogens with zero attached hydrogens (tertiary/aromatic N) is 1. The van der Waals surface area contributed by atoms with E-state index in [1.165, 1.54) is 64.6 Å². The summed E-state index contributed by atoms with van der Waals surface area (Å²) in [5.41, 5.74) is 0. The fourth-order valence-corrected chi connectivity index (χ4v) is 2.75. The second-order valence-corrected chi connectivity index (χ2v) is 5.63. The predicted molar refractivity (Wildman–Crippen MR) is 76.5 cm³/mol. The molecule has 1 aliphatic rings. The molecular formula is C15H32N2. The Hall–Kier alpha value is -0.0800. The molecule has 0 aromatic heterocycles. The van der Waals surface area contributed by atoms with Gasteiger partial charge in [-0.25, -0.2) is 0 Å². The number of likely N-dealkylation sites (tertiary alicyclic amines) is 1. The molecule has 1 aliphatic heterocycles. The lowest BCUT2D eigenvalue weighted by molar-refractivity contribution is 0.236. The van der Waals surface area contributed by atoms with Gasteiger partial charge in [0.25, 0.3) is 0 Å². The van der Waals surface area contributed by atoms with E-state index in [2.05, 4.69) is 31.0 Å². The zero-order valence-electron chi connectivity index (χ0n) is 12.2. The number of rotatable bonds is 9. The van der Waals surface area contributed by atoms with E-state index in [4.69, 9.17) is 0 Å². The summed E-state index contributed by atoms with van der Waals surface area (Å²) in [7, 11) is 0. The highest BCUT2D eigenvalue weighted by Gasteiger charge is 2.24. The van der Waals surface area contributed by atoms with Crippen LogP contribution in [0, 0.1) is 0 Å². The molecular weight excluding hydrogens is 208 g/mol. The molecule has 0 radical (unpaired) electrons. The molecule has 0 aliphatic carbocycles. The van der Waals surface area contributed by atoms with Crippen LogP contribution in [-0.4, -0.2) is 36.6 Å². The number of unbranched alkanes of at least 4 members (excludes halogenated alkanes) is 3. The molecule has 1 fully saturated rings. The van der Waals surface area contributed by atoms with Gasteiger partial charge in [-0.15, -0.1) is 0 Å². The molecule has 0 aromatic carbocycles. The van der Waals surface area contributed by atoms with Gasteiger partial charge in [0.2, 0.25) is 0 Å². The molecule has 0 saturated carbocycles. The van der Waals surface area contributed by atoms with Crippen molar-refractivity contribution in [1.82, 2.24) is 10.2 Å². The number of hydrogen-bond acceptors (Lipinski definition) is 2. The van der Waals surface area contributed by atoms with Gasteiger partial charge in [-0.2, -0.15) is 0 Å². The molecule has 0 spiro atoms. The third-order valence-corrected chi connectivity index (χ3v) is 4.00. The van der Waals surface area contributed by atoms with E-state index in [9.17, 15) is 0 Å². The molecule has 0 bridgehead atoms. The molecule has 0 aromatic rings. The van der Waals surface area contributed by atoms with Gasteiger partial charge in [-0.05, 0) is 32.7 Å². The van der Waals surface area contributed by atoms with Gasteiger partial charge < -0.3 is 5.32 Å². The Kier molecular flexibility index (Phi) is 7.87. The van der Waals surface area contributed by atoms with Gasteiger partial charge in [-0.3, -0.25) is 4.90 Å². The lowest BCUT2D eigenvalue weighted by Crippen LogP contribution is -2.36. The van der Waals surface area contributed by atoms with E-state index in [1.54, 1.807) is 0 Å². The second kappa shape index (κ2) is 8.93. The van der Waals surface area contributed by atoms with Crippen molar-refractivity contribution in [3.05, 3.63) is 0 Å². The zero-order chi connectivity index (χ0) is 12.5. The van der Waals surface area contributed by atoms with Crippen LogP contribution in [0.15, 0.2) is 0 Å². The highest BCUT2D eigenvalue weighted by Crippen LogP contribution is 2.17. The van der Waals surface area contributed by atoms with Gasteiger partial charge in [0.15, 0.2) is 0 Å². The molecule has 102 valence electrons. The van der Waals surface area contributed by atoms with Crippen LogP contribution in [0.2, 0.25) is 0 Å². The maximum atomic E-state index is 3.65. The first-order valence-corrected chi connectivity index (χ1v) is 7.75. The highest BCUT2D eigenvalue weighted by molar-refractivity contribution is 4.83. The molecule has 1 saturated heterocycles. The third kappa shape index (κ3) is 5.87. The predicted octanol–water partition coefficient (Wildman–Crippen LogP) is 3.42. The normalized spacial score (nSPS) is 23.1. The Morgan fingerprint density at radius 2 is 2.00 bits per heavy atom. The topological polar surface area (TPSA) is 15.3 Å². The first kappa shape index (κ1) is 15.0. The minimum atomic E-state index is 0.757. The van der Waals surface area contributed by atoms with E-state index in [-0.39, 0.29) is 0 Å². The molecule has 1 heterocycles. The maximum absolute atomic E-state index is 3.65.